The Bertz CT molecular complexity index is 354. The van der Waals surface area contributed by atoms with Crippen LogP contribution in [0.4, 0.5) is 0 Å². The predicted octanol–water partition coefficient (Wildman–Crippen LogP) is 2.19. The van der Waals surface area contributed by atoms with E-state index in [4.69, 9.17) is 5.73 Å². The zero-order chi connectivity index (χ0) is 12.2. The Morgan fingerprint density at radius 2 is 1.94 bits per heavy atom. The zero-order valence-corrected chi connectivity index (χ0v) is 11.2. The Kier molecular flexibility index (Phi) is 4.50. The summed E-state index contributed by atoms with van der Waals surface area (Å²) in [7, 11) is 0. The Hall–Kier alpha value is -0.870. The van der Waals surface area contributed by atoms with Crippen molar-refractivity contribution in [2.24, 2.45) is 5.73 Å². The van der Waals surface area contributed by atoms with Crippen molar-refractivity contribution >= 4 is 21.8 Å². The molecule has 0 saturated heterocycles. The van der Waals surface area contributed by atoms with Gasteiger partial charge in [0.25, 0.3) is 0 Å². The molecule has 0 fully saturated rings. The predicted molar refractivity (Wildman–Crippen MR) is 68.9 cm³/mol. The van der Waals surface area contributed by atoms with E-state index in [0.717, 1.165) is 10.0 Å². The summed E-state index contributed by atoms with van der Waals surface area (Å²) in [5, 5.41) is 2.84. The average molecular weight is 285 g/mol. The second-order valence-corrected chi connectivity index (χ2v) is 5.48. The molecule has 0 aliphatic rings. The monoisotopic (exact) mass is 284 g/mol. The Labute approximate surface area is 105 Å². The third-order valence-corrected chi connectivity index (χ3v) is 2.55. The lowest BCUT2D eigenvalue weighted by molar-refractivity contribution is -0.122. The minimum absolute atomic E-state index is 0.0181. The van der Waals surface area contributed by atoms with Crippen LogP contribution in [0.3, 0.4) is 0 Å². The molecule has 0 radical (unpaired) electrons. The molecule has 4 heteroatoms. The van der Waals surface area contributed by atoms with Gasteiger partial charge in [0, 0.05) is 23.0 Å². The van der Waals surface area contributed by atoms with Crippen LogP contribution in [0.25, 0.3) is 0 Å². The van der Waals surface area contributed by atoms with Crippen LogP contribution in [0.2, 0.25) is 0 Å². The quantitative estimate of drug-likeness (QED) is 0.891. The number of rotatable bonds is 4. The van der Waals surface area contributed by atoms with E-state index < -0.39 is 5.54 Å². The minimum Gasteiger partial charge on any atom is -0.352 e. The minimum atomic E-state index is -0.455. The molecular formula is C12H17BrN2O. The molecule has 1 rings (SSSR count). The lowest BCUT2D eigenvalue weighted by atomic mass is 10.0. The van der Waals surface area contributed by atoms with Gasteiger partial charge >= 0.3 is 0 Å². The van der Waals surface area contributed by atoms with Crippen LogP contribution in [0.15, 0.2) is 28.7 Å². The fourth-order valence-corrected chi connectivity index (χ4v) is 1.54. The van der Waals surface area contributed by atoms with Gasteiger partial charge in [0.15, 0.2) is 0 Å². The summed E-state index contributed by atoms with van der Waals surface area (Å²) in [4.78, 5) is 11.5. The molecule has 1 aromatic carbocycles. The lowest BCUT2D eigenvalue weighted by Gasteiger charge is -2.17. The van der Waals surface area contributed by atoms with Crippen molar-refractivity contribution in [2.75, 3.05) is 0 Å². The fourth-order valence-electron chi connectivity index (χ4n) is 1.28. The number of hydrogen-bond acceptors (Lipinski definition) is 2. The highest BCUT2D eigenvalue weighted by molar-refractivity contribution is 9.10. The number of carbonyl (C=O) groups excluding carboxylic acids is 1. The van der Waals surface area contributed by atoms with Gasteiger partial charge < -0.3 is 11.1 Å². The molecule has 0 aliphatic carbocycles. The van der Waals surface area contributed by atoms with Crippen molar-refractivity contribution < 1.29 is 4.79 Å². The molecule has 3 nitrogen and oxygen atoms in total. The number of nitrogens with one attached hydrogen (secondary N) is 1. The van der Waals surface area contributed by atoms with E-state index in [1.165, 1.54) is 0 Å². The molecule has 0 aliphatic heterocycles. The molecule has 0 aromatic heterocycles. The van der Waals surface area contributed by atoms with Crippen molar-refractivity contribution in [2.45, 2.75) is 32.4 Å². The number of benzene rings is 1. The first kappa shape index (κ1) is 13.2. The van der Waals surface area contributed by atoms with E-state index in [2.05, 4.69) is 21.2 Å². The SMILES string of the molecule is CC(C)(N)CC(=O)NCc1ccc(Br)cc1. The lowest BCUT2D eigenvalue weighted by Crippen LogP contribution is -2.38. The molecule has 1 amide bonds. The third-order valence-electron chi connectivity index (χ3n) is 2.02. The molecule has 0 heterocycles. The first-order valence-electron chi connectivity index (χ1n) is 5.17. The maximum absolute atomic E-state index is 11.5. The summed E-state index contributed by atoms with van der Waals surface area (Å²) < 4.78 is 1.03. The zero-order valence-electron chi connectivity index (χ0n) is 9.59. The topological polar surface area (TPSA) is 55.1 Å². The van der Waals surface area contributed by atoms with Crippen molar-refractivity contribution in [3.05, 3.63) is 34.3 Å². The number of carbonyl (C=O) groups is 1. The first-order valence-corrected chi connectivity index (χ1v) is 5.96. The van der Waals surface area contributed by atoms with Crippen LogP contribution in [-0.2, 0) is 11.3 Å². The van der Waals surface area contributed by atoms with Crippen molar-refractivity contribution in [1.29, 1.82) is 0 Å². The van der Waals surface area contributed by atoms with Gasteiger partial charge in [0.1, 0.15) is 0 Å². The maximum Gasteiger partial charge on any atom is 0.222 e. The number of nitrogens with two attached hydrogens (primary N) is 1. The second-order valence-electron chi connectivity index (χ2n) is 4.57. The van der Waals surface area contributed by atoms with Crippen molar-refractivity contribution in [1.82, 2.24) is 5.32 Å². The van der Waals surface area contributed by atoms with Crippen LogP contribution in [0.1, 0.15) is 25.8 Å². The Morgan fingerprint density at radius 3 is 2.44 bits per heavy atom. The van der Waals surface area contributed by atoms with Crippen LogP contribution in [0, 0.1) is 0 Å². The summed E-state index contributed by atoms with van der Waals surface area (Å²) >= 11 is 3.36. The van der Waals surface area contributed by atoms with Crippen molar-refractivity contribution in [3.8, 4) is 0 Å². The largest absolute Gasteiger partial charge is 0.352 e. The summed E-state index contributed by atoms with van der Waals surface area (Å²) in [6.07, 6.45) is 0.337. The molecule has 1 aromatic rings. The van der Waals surface area contributed by atoms with Gasteiger partial charge in [-0.05, 0) is 31.5 Å². The van der Waals surface area contributed by atoms with Gasteiger partial charge in [-0.2, -0.15) is 0 Å². The van der Waals surface area contributed by atoms with Gasteiger partial charge in [-0.1, -0.05) is 28.1 Å². The van der Waals surface area contributed by atoms with Crippen LogP contribution >= 0.6 is 15.9 Å². The van der Waals surface area contributed by atoms with E-state index in [0.29, 0.717) is 13.0 Å². The molecule has 0 unspecified atom stereocenters. The standard InChI is InChI=1S/C12H17BrN2O/c1-12(2,14)7-11(16)15-8-9-3-5-10(13)6-4-9/h3-6H,7-8,14H2,1-2H3,(H,15,16). The highest BCUT2D eigenvalue weighted by Gasteiger charge is 2.15. The van der Waals surface area contributed by atoms with E-state index >= 15 is 0 Å². The fraction of sp³-hybridized carbons (Fsp3) is 0.417. The maximum atomic E-state index is 11.5. The van der Waals surface area contributed by atoms with Gasteiger partial charge in [-0.15, -0.1) is 0 Å². The average Bonchev–Trinajstić information content (AvgIpc) is 2.14. The van der Waals surface area contributed by atoms with E-state index in [1.54, 1.807) is 0 Å². The second kappa shape index (κ2) is 5.46. The number of halogens is 1. The molecule has 0 spiro atoms. The molecule has 88 valence electrons. The summed E-state index contributed by atoms with van der Waals surface area (Å²) in [5.74, 6) is -0.0181. The van der Waals surface area contributed by atoms with E-state index in [9.17, 15) is 4.79 Å². The molecular weight excluding hydrogens is 268 g/mol. The van der Waals surface area contributed by atoms with Gasteiger partial charge in [0.05, 0.1) is 0 Å². The van der Waals surface area contributed by atoms with Crippen LogP contribution in [-0.4, -0.2) is 11.4 Å². The highest BCUT2D eigenvalue weighted by atomic mass is 79.9. The summed E-state index contributed by atoms with van der Waals surface area (Å²) in [5.41, 5.74) is 6.38. The van der Waals surface area contributed by atoms with Gasteiger partial charge in [0.2, 0.25) is 5.91 Å². The Balaban J connectivity index is 2.40. The smallest absolute Gasteiger partial charge is 0.222 e. The normalized spacial score (nSPS) is 11.2. The van der Waals surface area contributed by atoms with Gasteiger partial charge in [-0.25, -0.2) is 0 Å². The molecule has 3 N–H and O–H groups in total. The molecule has 0 bridgehead atoms. The molecule has 16 heavy (non-hydrogen) atoms. The van der Waals surface area contributed by atoms with E-state index in [-0.39, 0.29) is 5.91 Å². The number of amides is 1. The van der Waals surface area contributed by atoms with Crippen molar-refractivity contribution in [3.63, 3.8) is 0 Å². The van der Waals surface area contributed by atoms with Crippen LogP contribution < -0.4 is 11.1 Å². The first-order chi connectivity index (χ1) is 7.37. The summed E-state index contributed by atoms with van der Waals surface area (Å²) in [6, 6.07) is 7.85. The van der Waals surface area contributed by atoms with Crippen LogP contribution in [0.5, 0.6) is 0 Å². The van der Waals surface area contributed by atoms with E-state index in [1.807, 2.05) is 38.1 Å². The molecule has 0 saturated carbocycles. The Morgan fingerprint density at radius 1 is 1.38 bits per heavy atom. The summed E-state index contributed by atoms with van der Waals surface area (Å²) in [6.45, 7) is 4.22. The third kappa shape index (κ3) is 5.28. The molecule has 0 atom stereocenters. The highest BCUT2D eigenvalue weighted by Crippen LogP contribution is 2.10. The van der Waals surface area contributed by atoms with Gasteiger partial charge in [-0.3, -0.25) is 4.79 Å². The number of hydrogen-bond donors (Lipinski definition) is 2.